The summed E-state index contributed by atoms with van der Waals surface area (Å²) in [6.07, 6.45) is 11.5. The van der Waals surface area contributed by atoms with E-state index in [4.69, 9.17) is 15.9 Å². The molecule has 0 spiro atoms. The Labute approximate surface area is 176 Å². The molecule has 0 aliphatic heterocycles. The maximum atomic E-state index is 12.6. The largest absolute Gasteiger partial charge is 0.464 e. The zero-order valence-electron chi connectivity index (χ0n) is 15.9. The van der Waals surface area contributed by atoms with Crippen LogP contribution in [-0.2, 0) is 20.7 Å². The normalized spacial score (nSPS) is 11.3. The van der Waals surface area contributed by atoms with Gasteiger partial charge in [-0.3, -0.25) is 0 Å². The van der Waals surface area contributed by atoms with Crippen LogP contribution in [0.1, 0.15) is 51.0 Å². The van der Waals surface area contributed by atoms with Crippen molar-refractivity contribution in [1.82, 2.24) is 3.11 Å². The number of nitrogens with zero attached hydrogens (tertiary/aromatic N) is 1. The van der Waals surface area contributed by atoms with E-state index >= 15 is 0 Å². The molecule has 0 aliphatic rings. The highest BCUT2D eigenvalue weighted by Crippen LogP contribution is 2.17. The molecular formula is C21H28INO4. The number of hydrogen-bond acceptors (Lipinski definition) is 4. The van der Waals surface area contributed by atoms with Gasteiger partial charge in [0.2, 0.25) is 0 Å². The van der Waals surface area contributed by atoms with Gasteiger partial charge in [-0.2, -0.15) is 0 Å². The number of carbonyl (C=O) groups is 2. The second-order valence-electron chi connectivity index (χ2n) is 6.21. The fourth-order valence-electron chi connectivity index (χ4n) is 2.54. The zero-order valence-corrected chi connectivity index (χ0v) is 18.0. The van der Waals surface area contributed by atoms with E-state index in [0.29, 0.717) is 13.0 Å². The molecule has 0 bridgehead atoms. The first kappa shape index (κ1) is 23.3. The van der Waals surface area contributed by atoms with Crippen molar-refractivity contribution in [3.63, 3.8) is 0 Å². The summed E-state index contributed by atoms with van der Waals surface area (Å²) < 4.78 is 11.6. The van der Waals surface area contributed by atoms with Crippen LogP contribution in [0.3, 0.4) is 0 Å². The van der Waals surface area contributed by atoms with E-state index in [2.05, 4.69) is 12.8 Å². The monoisotopic (exact) mass is 485 g/mol. The van der Waals surface area contributed by atoms with Gasteiger partial charge in [0.1, 0.15) is 6.04 Å². The third-order valence-electron chi connectivity index (χ3n) is 4.01. The molecule has 0 N–H and O–H groups in total. The first-order valence-electron chi connectivity index (χ1n) is 9.36. The number of esters is 1. The number of terminal acetylenes is 1. The van der Waals surface area contributed by atoms with E-state index in [0.717, 1.165) is 24.8 Å². The number of unbranched alkanes of at least 4 members (excludes halogenated alkanes) is 5. The lowest BCUT2D eigenvalue weighted by Gasteiger charge is -2.23. The zero-order chi connectivity index (χ0) is 19.9. The fourth-order valence-corrected chi connectivity index (χ4v) is 3.10. The van der Waals surface area contributed by atoms with Gasteiger partial charge in [-0.05, 0) is 12.0 Å². The van der Waals surface area contributed by atoms with E-state index in [1.54, 1.807) is 22.9 Å². The number of ether oxygens (including phenoxy) is 2. The molecule has 6 heteroatoms. The van der Waals surface area contributed by atoms with Crippen LogP contribution in [0.25, 0.3) is 0 Å². The van der Waals surface area contributed by atoms with Crippen LogP contribution in [0.15, 0.2) is 30.3 Å². The molecule has 5 nitrogen and oxygen atoms in total. The lowest BCUT2D eigenvalue weighted by Crippen LogP contribution is -2.41. The number of hydrogen-bond donors (Lipinski definition) is 0. The third-order valence-corrected chi connectivity index (χ3v) is 5.08. The van der Waals surface area contributed by atoms with Crippen LogP contribution in [0, 0.1) is 12.3 Å². The average molecular weight is 485 g/mol. The van der Waals surface area contributed by atoms with Crippen molar-refractivity contribution in [3.05, 3.63) is 35.9 Å². The topological polar surface area (TPSA) is 55.8 Å². The molecule has 27 heavy (non-hydrogen) atoms. The minimum absolute atomic E-state index is 0.136. The Balaban J connectivity index is 2.60. The van der Waals surface area contributed by atoms with Crippen LogP contribution in [0.5, 0.6) is 0 Å². The highest BCUT2D eigenvalue weighted by Gasteiger charge is 2.31. The van der Waals surface area contributed by atoms with Crippen LogP contribution in [-0.4, -0.2) is 34.4 Å². The summed E-state index contributed by atoms with van der Waals surface area (Å²) in [5.41, 5.74) is 0.936. The summed E-state index contributed by atoms with van der Waals surface area (Å²) in [6, 6.07) is 8.73. The Morgan fingerprint density at radius 1 is 1.11 bits per heavy atom. The van der Waals surface area contributed by atoms with E-state index in [-0.39, 0.29) is 6.61 Å². The Bertz CT molecular complexity index is 600. The van der Waals surface area contributed by atoms with Crippen molar-refractivity contribution >= 4 is 34.9 Å². The molecule has 0 aliphatic carbocycles. The van der Waals surface area contributed by atoms with Crippen molar-refractivity contribution in [2.24, 2.45) is 0 Å². The maximum Gasteiger partial charge on any atom is 0.420 e. The highest BCUT2D eigenvalue weighted by atomic mass is 127. The van der Waals surface area contributed by atoms with Crippen molar-refractivity contribution in [2.45, 2.75) is 57.9 Å². The highest BCUT2D eigenvalue weighted by molar-refractivity contribution is 14.1. The molecule has 1 amide bonds. The predicted octanol–water partition coefficient (Wildman–Crippen LogP) is 4.92. The molecule has 1 atom stereocenters. The van der Waals surface area contributed by atoms with Gasteiger partial charge in [-0.25, -0.2) is 12.7 Å². The molecule has 1 rings (SSSR count). The molecule has 1 aromatic rings. The molecule has 0 fully saturated rings. The molecule has 0 radical (unpaired) electrons. The molecule has 0 heterocycles. The first-order chi connectivity index (χ1) is 13.1. The molecule has 1 aromatic carbocycles. The lowest BCUT2D eigenvalue weighted by atomic mass is 10.1. The van der Waals surface area contributed by atoms with E-state index in [1.807, 2.05) is 30.3 Å². The number of rotatable bonds is 12. The van der Waals surface area contributed by atoms with Crippen LogP contribution >= 0.6 is 22.9 Å². The number of halogens is 1. The molecule has 0 saturated carbocycles. The average Bonchev–Trinajstić information content (AvgIpc) is 2.69. The first-order valence-corrected chi connectivity index (χ1v) is 10.3. The summed E-state index contributed by atoms with van der Waals surface area (Å²) in [6.45, 7) is 2.41. The minimum atomic E-state index is -0.765. The van der Waals surface area contributed by atoms with Crippen LogP contribution < -0.4 is 0 Å². The quantitative estimate of drug-likeness (QED) is 0.139. The van der Waals surface area contributed by atoms with Crippen molar-refractivity contribution in [2.75, 3.05) is 13.2 Å². The van der Waals surface area contributed by atoms with E-state index < -0.39 is 18.1 Å². The summed E-state index contributed by atoms with van der Waals surface area (Å²) in [4.78, 5) is 24.7. The number of carbonyl (C=O) groups excluding carboxylic acids is 2. The van der Waals surface area contributed by atoms with Gasteiger partial charge in [0, 0.05) is 6.42 Å². The summed E-state index contributed by atoms with van der Waals surface area (Å²) in [5.74, 6) is 1.81. The Morgan fingerprint density at radius 3 is 2.44 bits per heavy atom. The van der Waals surface area contributed by atoms with Crippen LogP contribution in [0.2, 0.25) is 0 Å². The SMILES string of the molecule is C#CCOC(=O)N(I)[C@@H](Cc1ccccc1)C(=O)OCCCCCCCC. The van der Waals surface area contributed by atoms with Crippen molar-refractivity contribution < 1.29 is 19.1 Å². The number of amides is 1. The van der Waals surface area contributed by atoms with Gasteiger partial charge in [0.15, 0.2) is 6.61 Å². The summed E-state index contributed by atoms with van der Waals surface area (Å²) in [7, 11) is 0. The van der Waals surface area contributed by atoms with Gasteiger partial charge >= 0.3 is 12.1 Å². The van der Waals surface area contributed by atoms with Gasteiger partial charge in [-0.15, -0.1) is 6.42 Å². The molecule has 0 saturated heterocycles. The predicted molar refractivity (Wildman–Crippen MR) is 114 cm³/mol. The molecular weight excluding hydrogens is 457 g/mol. The Hall–Kier alpha value is -1.75. The summed E-state index contributed by atoms with van der Waals surface area (Å²) in [5, 5.41) is 0. The standard InChI is InChI=1S/C21H28INO4/c1-3-5-6-7-8-12-16-26-20(24)19(17-18-13-10-9-11-14-18)23(22)21(25)27-15-4-2/h2,9-11,13-14,19H,3,5-8,12,15-17H2,1H3/t19-/m0/s1. The molecule has 0 aromatic heterocycles. The second kappa shape index (κ2) is 14.3. The van der Waals surface area contributed by atoms with Gasteiger partial charge in [0.05, 0.1) is 29.5 Å². The Kier molecular flexibility index (Phi) is 12.4. The lowest BCUT2D eigenvalue weighted by molar-refractivity contribution is -0.147. The molecule has 0 unspecified atom stereocenters. The van der Waals surface area contributed by atoms with Crippen LogP contribution in [0.4, 0.5) is 4.79 Å². The van der Waals surface area contributed by atoms with E-state index in [1.165, 1.54) is 22.4 Å². The van der Waals surface area contributed by atoms with Gasteiger partial charge in [-0.1, -0.05) is 75.3 Å². The van der Waals surface area contributed by atoms with Crippen molar-refractivity contribution in [3.8, 4) is 12.3 Å². The second-order valence-corrected chi connectivity index (χ2v) is 7.25. The fraction of sp³-hybridized carbons (Fsp3) is 0.524. The van der Waals surface area contributed by atoms with E-state index in [9.17, 15) is 9.59 Å². The Morgan fingerprint density at radius 2 is 1.78 bits per heavy atom. The minimum Gasteiger partial charge on any atom is -0.464 e. The maximum absolute atomic E-state index is 12.6. The summed E-state index contributed by atoms with van der Waals surface area (Å²) >= 11 is 1.78. The number of benzene rings is 1. The van der Waals surface area contributed by atoms with Gasteiger partial charge in [0.25, 0.3) is 0 Å². The molecule has 148 valence electrons. The smallest absolute Gasteiger partial charge is 0.420 e. The van der Waals surface area contributed by atoms with Crippen molar-refractivity contribution in [1.29, 1.82) is 0 Å². The van der Waals surface area contributed by atoms with Gasteiger partial charge < -0.3 is 9.47 Å². The third kappa shape index (κ3) is 9.66.